The third-order valence-electron chi connectivity index (χ3n) is 4.66. The van der Waals surface area contributed by atoms with Crippen molar-refractivity contribution in [1.82, 2.24) is 14.6 Å². The molecule has 132 valence electrons. The van der Waals surface area contributed by atoms with Crippen LogP contribution in [0.25, 0.3) is 0 Å². The fourth-order valence-electron chi connectivity index (χ4n) is 3.37. The Morgan fingerprint density at radius 1 is 1.36 bits per heavy atom. The van der Waals surface area contributed by atoms with Crippen LogP contribution in [0.15, 0.2) is 47.6 Å². The molecule has 1 aromatic heterocycles. The van der Waals surface area contributed by atoms with E-state index in [1.165, 1.54) is 24.5 Å². The van der Waals surface area contributed by atoms with Gasteiger partial charge in [0.25, 0.3) is 0 Å². The summed E-state index contributed by atoms with van der Waals surface area (Å²) in [6.07, 6.45) is 3.54. The van der Waals surface area contributed by atoms with Gasteiger partial charge in [-0.2, -0.15) is 0 Å². The number of rotatable bonds is 2. The number of likely N-dealkylation sites (tertiary alicyclic amines) is 1. The Morgan fingerprint density at radius 3 is 2.96 bits per heavy atom. The van der Waals surface area contributed by atoms with Crippen LogP contribution in [0.2, 0.25) is 0 Å². The Balaban J connectivity index is 1.54. The van der Waals surface area contributed by atoms with Gasteiger partial charge >= 0.3 is 0 Å². The molecule has 2 aliphatic heterocycles. The quantitative estimate of drug-likeness (QED) is 0.823. The summed E-state index contributed by atoms with van der Waals surface area (Å²) in [5.41, 5.74) is 0.400. The highest BCUT2D eigenvalue weighted by Crippen LogP contribution is 2.36. The summed E-state index contributed by atoms with van der Waals surface area (Å²) >= 11 is 0. The van der Waals surface area contributed by atoms with Crippen molar-refractivity contribution in [3.8, 4) is 5.75 Å². The van der Waals surface area contributed by atoms with Crippen molar-refractivity contribution in [2.75, 3.05) is 19.6 Å². The zero-order valence-electron chi connectivity index (χ0n) is 13.5. The fraction of sp³-hybridized carbons (Fsp3) is 0.353. The Labute approximate surface area is 146 Å². The van der Waals surface area contributed by atoms with Crippen LogP contribution in [-0.4, -0.2) is 39.7 Å². The van der Waals surface area contributed by atoms with E-state index in [1.807, 2.05) is 0 Å². The SMILES string of the molecule is O=[S+]1([O-])NCC2(CCN(Cc3ccc(F)cc3)C2)Oc2ccncc21. The lowest BCUT2D eigenvalue weighted by molar-refractivity contribution is 0.0800. The van der Waals surface area contributed by atoms with Gasteiger partial charge in [-0.1, -0.05) is 16.3 Å². The van der Waals surface area contributed by atoms with Crippen LogP contribution in [0.4, 0.5) is 4.39 Å². The number of pyridine rings is 1. The number of nitrogens with one attached hydrogen (secondary N) is 1. The molecule has 0 saturated carbocycles. The van der Waals surface area contributed by atoms with Gasteiger partial charge in [0.15, 0.2) is 16.1 Å². The summed E-state index contributed by atoms with van der Waals surface area (Å²) in [4.78, 5) is 6.15. The van der Waals surface area contributed by atoms with E-state index in [2.05, 4.69) is 14.6 Å². The molecule has 6 nitrogen and oxygen atoms in total. The number of nitrogens with zero attached hydrogens (tertiary/aromatic N) is 2. The van der Waals surface area contributed by atoms with Gasteiger partial charge in [0.05, 0.1) is 12.7 Å². The molecule has 0 bridgehead atoms. The van der Waals surface area contributed by atoms with Crippen molar-refractivity contribution in [2.24, 2.45) is 0 Å². The number of halogens is 1. The summed E-state index contributed by atoms with van der Waals surface area (Å²) in [6.45, 7) is 2.25. The van der Waals surface area contributed by atoms with Crippen LogP contribution < -0.4 is 9.46 Å². The van der Waals surface area contributed by atoms with E-state index in [0.29, 0.717) is 25.3 Å². The second-order valence-electron chi connectivity index (χ2n) is 6.52. The Morgan fingerprint density at radius 2 is 2.16 bits per heavy atom. The molecule has 2 atom stereocenters. The maximum atomic E-state index is 13.0. The molecular weight excluding hydrogens is 345 g/mol. The van der Waals surface area contributed by atoms with Crippen molar-refractivity contribution in [3.05, 3.63) is 54.1 Å². The number of hydrogen-bond donors (Lipinski definition) is 1. The van der Waals surface area contributed by atoms with Crippen molar-refractivity contribution >= 4 is 10.4 Å². The van der Waals surface area contributed by atoms with Gasteiger partial charge in [-0.15, -0.1) is 4.72 Å². The summed E-state index contributed by atoms with van der Waals surface area (Å²) < 4.78 is 46.5. The van der Waals surface area contributed by atoms with E-state index in [0.717, 1.165) is 12.1 Å². The Hall–Kier alpha value is -1.87. The van der Waals surface area contributed by atoms with Crippen LogP contribution in [0, 0.1) is 5.82 Å². The summed E-state index contributed by atoms with van der Waals surface area (Å²) in [5, 5.41) is 0. The second kappa shape index (κ2) is 6.14. The minimum Gasteiger partial charge on any atom is -0.593 e. The smallest absolute Gasteiger partial charge is 0.235 e. The second-order valence-corrected chi connectivity index (χ2v) is 8.25. The fourth-order valence-corrected chi connectivity index (χ4v) is 4.55. The number of fused-ring (bicyclic) bond motifs is 1. The third-order valence-corrected chi connectivity index (χ3v) is 6.07. The average molecular weight is 363 g/mol. The van der Waals surface area contributed by atoms with Crippen molar-refractivity contribution in [2.45, 2.75) is 23.5 Å². The molecule has 1 N–H and O–H groups in total. The predicted octanol–water partition coefficient (Wildman–Crippen LogP) is 1.75. The number of hydrogen-bond acceptors (Lipinski definition) is 5. The molecule has 2 unspecified atom stereocenters. The van der Waals surface area contributed by atoms with Gasteiger partial charge in [-0.3, -0.25) is 9.88 Å². The zero-order chi connectivity index (χ0) is 17.5. The van der Waals surface area contributed by atoms with Gasteiger partial charge in [-0.05, 0) is 17.7 Å². The molecule has 1 saturated heterocycles. The maximum absolute atomic E-state index is 13.0. The van der Waals surface area contributed by atoms with E-state index in [1.54, 1.807) is 18.2 Å². The van der Waals surface area contributed by atoms with E-state index >= 15 is 0 Å². The lowest BCUT2D eigenvalue weighted by Gasteiger charge is -2.28. The van der Waals surface area contributed by atoms with Crippen LogP contribution in [0.3, 0.4) is 0 Å². The number of benzene rings is 1. The van der Waals surface area contributed by atoms with Gasteiger partial charge in [0.2, 0.25) is 4.90 Å². The van der Waals surface area contributed by atoms with Crippen molar-refractivity contribution < 1.29 is 17.9 Å². The first kappa shape index (κ1) is 16.6. The molecule has 4 rings (SSSR count). The molecule has 25 heavy (non-hydrogen) atoms. The normalized spacial score (nSPS) is 29.2. The van der Waals surface area contributed by atoms with Gasteiger partial charge in [-0.25, -0.2) is 4.39 Å². The van der Waals surface area contributed by atoms with Crippen LogP contribution in [0.1, 0.15) is 12.0 Å². The molecule has 0 amide bonds. The highest BCUT2D eigenvalue weighted by molar-refractivity contribution is 7.95. The molecule has 2 aliphatic rings. The lowest BCUT2D eigenvalue weighted by Crippen LogP contribution is -2.48. The summed E-state index contributed by atoms with van der Waals surface area (Å²) in [7, 11) is -3.62. The number of sulfonamides is 1. The Kier molecular flexibility index (Phi) is 4.07. The molecule has 0 radical (unpaired) electrons. The first-order valence-corrected chi connectivity index (χ1v) is 9.54. The Bertz CT molecular complexity index is 832. The van der Waals surface area contributed by atoms with E-state index in [9.17, 15) is 13.2 Å². The van der Waals surface area contributed by atoms with E-state index in [4.69, 9.17) is 4.74 Å². The first-order chi connectivity index (χ1) is 12.0. The molecular formula is C17H18FN3O3S. The van der Waals surface area contributed by atoms with Gasteiger partial charge in [0, 0.05) is 38.3 Å². The summed E-state index contributed by atoms with van der Waals surface area (Å²) in [5.74, 6) is 0.0806. The average Bonchev–Trinajstić information content (AvgIpc) is 2.94. The molecule has 2 aromatic rings. The molecule has 1 aromatic carbocycles. The van der Waals surface area contributed by atoms with Crippen LogP contribution >= 0.6 is 0 Å². The van der Waals surface area contributed by atoms with Crippen molar-refractivity contribution in [3.63, 3.8) is 0 Å². The zero-order valence-corrected chi connectivity index (χ0v) is 14.3. The van der Waals surface area contributed by atoms with E-state index in [-0.39, 0.29) is 17.3 Å². The summed E-state index contributed by atoms with van der Waals surface area (Å²) in [6, 6.07) is 8.00. The standard InChI is InChI=1S/C17H18FN3O3S/c18-14-3-1-13(2-4-14)10-21-8-6-17(12-21)11-20-25(22,23)16-9-19-7-5-15(16)24-17/h1-5,7,9H,6,8,10-12H2,(H-,20,22,23). The topological polar surface area (TPSA) is 77.5 Å². The first-order valence-electron chi connectivity index (χ1n) is 8.05. The molecule has 1 spiro atoms. The highest BCUT2D eigenvalue weighted by Gasteiger charge is 2.46. The lowest BCUT2D eigenvalue weighted by atomic mass is 10.0. The van der Waals surface area contributed by atoms with Gasteiger partial charge in [0.1, 0.15) is 11.4 Å². The molecule has 1 fully saturated rings. The van der Waals surface area contributed by atoms with Gasteiger partial charge < -0.3 is 9.29 Å². The molecule has 3 heterocycles. The maximum Gasteiger partial charge on any atom is 0.235 e. The number of aromatic nitrogens is 1. The predicted molar refractivity (Wildman–Crippen MR) is 89.0 cm³/mol. The minimum atomic E-state index is -3.62. The van der Waals surface area contributed by atoms with Crippen molar-refractivity contribution in [1.29, 1.82) is 0 Å². The molecule has 0 aliphatic carbocycles. The monoisotopic (exact) mass is 363 g/mol. The number of ether oxygens (including phenoxy) is 1. The van der Waals surface area contributed by atoms with E-state index < -0.39 is 16.0 Å². The molecule has 8 heteroatoms. The van der Waals surface area contributed by atoms with Crippen LogP contribution in [0.5, 0.6) is 5.75 Å². The minimum absolute atomic E-state index is 0.0730. The third kappa shape index (κ3) is 3.30. The highest BCUT2D eigenvalue weighted by atomic mass is 32.3. The van der Waals surface area contributed by atoms with Crippen LogP contribution in [-0.2, 0) is 21.2 Å². The largest absolute Gasteiger partial charge is 0.593 e.